The number of aromatic carboxylic acids is 1. The highest BCUT2D eigenvalue weighted by Crippen LogP contribution is 2.30. The van der Waals surface area contributed by atoms with Crippen LogP contribution in [-0.4, -0.2) is 46.8 Å². The zero-order chi connectivity index (χ0) is 15.0. The summed E-state index contributed by atoms with van der Waals surface area (Å²) in [4.78, 5) is 27.5. The van der Waals surface area contributed by atoms with E-state index in [2.05, 4.69) is 10.3 Å². The first-order chi connectivity index (χ1) is 10.1. The van der Waals surface area contributed by atoms with Crippen molar-refractivity contribution in [3.05, 3.63) is 17.2 Å². The number of aromatic nitrogens is 2. The Morgan fingerprint density at radius 2 is 2.24 bits per heavy atom. The average Bonchev–Trinajstić information content (AvgIpc) is 3.12. The van der Waals surface area contributed by atoms with Gasteiger partial charge in [-0.3, -0.25) is 4.79 Å². The molecule has 2 aliphatic rings. The number of hydrogen-bond donors (Lipinski definition) is 2. The van der Waals surface area contributed by atoms with Gasteiger partial charge in [0.15, 0.2) is 5.69 Å². The van der Waals surface area contributed by atoms with Gasteiger partial charge >= 0.3 is 11.9 Å². The quantitative estimate of drug-likeness (QED) is 0.783. The van der Waals surface area contributed by atoms with E-state index in [0.29, 0.717) is 19.4 Å². The first-order valence-corrected chi connectivity index (χ1v) is 7.23. The number of fused-ring (bicyclic) bond motifs is 1. The highest BCUT2D eigenvalue weighted by molar-refractivity contribution is 5.87. The van der Waals surface area contributed by atoms with Gasteiger partial charge in [0.25, 0.3) is 0 Å². The lowest BCUT2D eigenvalue weighted by molar-refractivity contribution is -0.146. The Hall–Kier alpha value is -1.89. The molecule has 0 bridgehead atoms. The molecule has 114 valence electrons. The van der Waals surface area contributed by atoms with Gasteiger partial charge in [0, 0.05) is 19.0 Å². The molecule has 2 atom stereocenters. The Kier molecular flexibility index (Phi) is 3.67. The van der Waals surface area contributed by atoms with Gasteiger partial charge in [0.05, 0.1) is 18.7 Å². The van der Waals surface area contributed by atoms with Crippen LogP contribution in [0.1, 0.15) is 40.8 Å². The molecule has 21 heavy (non-hydrogen) atoms. The van der Waals surface area contributed by atoms with Crippen LogP contribution in [0.15, 0.2) is 0 Å². The van der Waals surface area contributed by atoms with E-state index in [4.69, 9.17) is 4.74 Å². The highest BCUT2D eigenvalue weighted by atomic mass is 16.5. The Bertz CT molecular complexity index is 575. The maximum absolute atomic E-state index is 11.8. The van der Waals surface area contributed by atoms with Crippen LogP contribution in [0.5, 0.6) is 0 Å². The zero-order valence-electron chi connectivity index (χ0n) is 12.0. The molecule has 3 heterocycles. The molecular weight excluding hydrogens is 274 g/mol. The molecular formula is C14H19N3O4. The van der Waals surface area contributed by atoms with Crippen molar-refractivity contribution in [1.29, 1.82) is 0 Å². The van der Waals surface area contributed by atoms with Crippen LogP contribution >= 0.6 is 0 Å². The molecule has 2 N–H and O–H groups in total. The molecule has 1 fully saturated rings. The van der Waals surface area contributed by atoms with Gasteiger partial charge in [-0.05, 0) is 25.8 Å². The number of carbonyl (C=O) groups excluding carboxylic acids is 1. The summed E-state index contributed by atoms with van der Waals surface area (Å²) in [5.74, 6) is -0.435. The van der Waals surface area contributed by atoms with Gasteiger partial charge in [-0.25, -0.2) is 9.78 Å². The van der Waals surface area contributed by atoms with Crippen LogP contribution in [-0.2, 0) is 22.5 Å². The molecule has 0 aliphatic carbocycles. The normalized spacial score (nSPS) is 24.6. The van der Waals surface area contributed by atoms with E-state index in [0.717, 1.165) is 31.0 Å². The van der Waals surface area contributed by atoms with E-state index in [1.165, 1.54) is 7.11 Å². The number of nitrogens with one attached hydrogen (secondary N) is 1. The topological polar surface area (TPSA) is 93.5 Å². The van der Waals surface area contributed by atoms with Crippen molar-refractivity contribution in [2.24, 2.45) is 5.92 Å². The first kappa shape index (κ1) is 14.1. The Morgan fingerprint density at radius 1 is 1.43 bits per heavy atom. The number of carboxylic acids is 1. The molecule has 0 amide bonds. The van der Waals surface area contributed by atoms with Crippen molar-refractivity contribution < 1.29 is 19.4 Å². The third-order valence-corrected chi connectivity index (χ3v) is 4.40. The second-order valence-corrected chi connectivity index (χ2v) is 5.63. The van der Waals surface area contributed by atoms with Crippen LogP contribution in [0, 0.1) is 5.92 Å². The zero-order valence-corrected chi connectivity index (χ0v) is 12.0. The van der Waals surface area contributed by atoms with Gasteiger partial charge in [-0.2, -0.15) is 0 Å². The summed E-state index contributed by atoms with van der Waals surface area (Å²) in [6.45, 7) is 2.18. The monoisotopic (exact) mass is 293 g/mol. The van der Waals surface area contributed by atoms with Gasteiger partial charge in [0.2, 0.25) is 0 Å². The van der Waals surface area contributed by atoms with E-state index in [1.54, 1.807) is 0 Å². The fraction of sp³-hybridized carbons (Fsp3) is 0.643. The Balaban J connectivity index is 1.98. The minimum atomic E-state index is -0.993. The predicted molar refractivity (Wildman–Crippen MR) is 73.2 cm³/mol. The van der Waals surface area contributed by atoms with E-state index < -0.39 is 5.97 Å². The fourth-order valence-electron chi connectivity index (χ4n) is 3.30. The molecule has 0 radical (unpaired) electrons. The summed E-state index contributed by atoms with van der Waals surface area (Å²) < 4.78 is 6.76. The van der Waals surface area contributed by atoms with Crippen LogP contribution in [0.2, 0.25) is 0 Å². The summed E-state index contributed by atoms with van der Waals surface area (Å²) in [7, 11) is 1.39. The van der Waals surface area contributed by atoms with Crippen molar-refractivity contribution in [1.82, 2.24) is 14.9 Å². The number of methoxy groups -OCH3 is 1. The number of rotatable bonds is 3. The number of imidazole rings is 1. The number of esters is 1. The van der Waals surface area contributed by atoms with Crippen LogP contribution < -0.4 is 5.32 Å². The van der Waals surface area contributed by atoms with Crippen LogP contribution in [0.3, 0.4) is 0 Å². The van der Waals surface area contributed by atoms with Crippen LogP contribution in [0.25, 0.3) is 0 Å². The fourth-order valence-corrected chi connectivity index (χ4v) is 3.30. The molecule has 2 unspecified atom stereocenters. The predicted octanol–water partition coefficient (Wildman–Crippen LogP) is 0.394. The second kappa shape index (κ2) is 5.48. The van der Waals surface area contributed by atoms with Crippen LogP contribution in [0.4, 0.5) is 0 Å². The minimum Gasteiger partial charge on any atom is -0.476 e. The number of ether oxygens (including phenoxy) is 1. The maximum Gasteiger partial charge on any atom is 0.356 e. The van der Waals surface area contributed by atoms with Crippen molar-refractivity contribution >= 4 is 11.9 Å². The lowest BCUT2D eigenvalue weighted by atomic mass is 9.96. The van der Waals surface area contributed by atoms with Gasteiger partial charge in [-0.15, -0.1) is 0 Å². The summed E-state index contributed by atoms with van der Waals surface area (Å²) >= 11 is 0. The van der Waals surface area contributed by atoms with Gasteiger partial charge in [0.1, 0.15) is 5.82 Å². The van der Waals surface area contributed by atoms with Crippen molar-refractivity contribution in [3.8, 4) is 0 Å². The first-order valence-electron chi connectivity index (χ1n) is 7.23. The molecule has 0 saturated carbocycles. The molecule has 1 saturated heterocycles. The van der Waals surface area contributed by atoms with E-state index in [9.17, 15) is 14.7 Å². The molecule has 0 aromatic carbocycles. The number of nitrogens with zero attached hydrogens (tertiary/aromatic N) is 2. The molecule has 7 heteroatoms. The average molecular weight is 293 g/mol. The molecule has 1 aromatic rings. The van der Waals surface area contributed by atoms with Gasteiger partial charge in [-0.1, -0.05) is 0 Å². The SMILES string of the molecule is COC(=O)C1CCc2c(C(=O)O)nc(C3CCNC3)n2C1. The van der Waals surface area contributed by atoms with Crippen molar-refractivity contribution in [3.63, 3.8) is 0 Å². The number of carboxylic acid groups (broad SMARTS) is 1. The second-order valence-electron chi connectivity index (χ2n) is 5.63. The molecule has 1 aromatic heterocycles. The standard InChI is InChI=1S/C14H19N3O4/c1-21-14(20)9-2-3-10-11(13(18)19)16-12(17(10)7-9)8-4-5-15-6-8/h8-9,15H,2-7H2,1H3,(H,18,19). The summed E-state index contributed by atoms with van der Waals surface area (Å²) in [5, 5.41) is 12.6. The lowest BCUT2D eigenvalue weighted by Crippen LogP contribution is -2.29. The lowest BCUT2D eigenvalue weighted by Gasteiger charge is -2.25. The van der Waals surface area contributed by atoms with Crippen molar-refractivity contribution in [2.75, 3.05) is 20.2 Å². The van der Waals surface area contributed by atoms with E-state index >= 15 is 0 Å². The third kappa shape index (κ3) is 2.42. The summed E-state index contributed by atoms with van der Waals surface area (Å²) in [5.41, 5.74) is 0.879. The van der Waals surface area contributed by atoms with Gasteiger partial charge < -0.3 is 19.7 Å². The number of carbonyl (C=O) groups is 2. The van der Waals surface area contributed by atoms with E-state index in [-0.39, 0.29) is 23.5 Å². The molecule has 7 nitrogen and oxygen atoms in total. The Labute approximate surface area is 122 Å². The highest BCUT2D eigenvalue weighted by Gasteiger charge is 2.34. The smallest absolute Gasteiger partial charge is 0.356 e. The largest absolute Gasteiger partial charge is 0.476 e. The summed E-state index contributed by atoms with van der Waals surface area (Å²) in [6, 6.07) is 0. The minimum absolute atomic E-state index is 0.139. The third-order valence-electron chi connectivity index (χ3n) is 4.40. The molecule has 3 rings (SSSR count). The summed E-state index contributed by atoms with van der Waals surface area (Å²) in [6.07, 6.45) is 2.11. The molecule has 0 spiro atoms. The van der Waals surface area contributed by atoms with Crippen molar-refractivity contribution in [2.45, 2.75) is 31.7 Å². The molecule has 2 aliphatic heterocycles. The maximum atomic E-state index is 11.8. The number of hydrogen-bond acceptors (Lipinski definition) is 5. The van der Waals surface area contributed by atoms with E-state index in [1.807, 2.05) is 4.57 Å². The Morgan fingerprint density at radius 3 is 2.86 bits per heavy atom.